The Morgan fingerprint density at radius 2 is 2.18 bits per heavy atom. The Morgan fingerprint density at radius 1 is 1.41 bits per heavy atom. The average molecular weight is 406 g/mol. The maximum absolute atomic E-state index is 12.5. The van der Waals surface area contributed by atoms with Crippen molar-refractivity contribution in [3.63, 3.8) is 0 Å². The van der Waals surface area contributed by atoms with Crippen molar-refractivity contribution >= 4 is 39.3 Å². The number of aromatic amines is 1. The molecule has 2 aliphatic rings. The van der Waals surface area contributed by atoms with Crippen LogP contribution in [0.15, 0.2) is 34.4 Å². The molecule has 114 valence electrons. The Balaban J connectivity index is 1.89. The first-order valence-corrected chi connectivity index (χ1v) is 8.89. The van der Waals surface area contributed by atoms with Gasteiger partial charge in [0.1, 0.15) is 5.78 Å². The number of piperidine rings is 1. The highest BCUT2D eigenvalue weighted by Gasteiger charge is 2.45. The highest BCUT2D eigenvalue weighted by atomic mass is 127. The predicted molar refractivity (Wildman–Crippen MR) is 97.2 cm³/mol. The Labute approximate surface area is 143 Å². The van der Waals surface area contributed by atoms with Gasteiger partial charge in [-0.25, -0.2) is 0 Å². The van der Waals surface area contributed by atoms with E-state index in [-0.39, 0.29) is 12.1 Å². The summed E-state index contributed by atoms with van der Waals surface area (Å²) < 4.78 is 1.10. The van der Waals surface area contributed by atoms with Crippen LogP contribution in [0.1, 0.15) is 37.1 Å². The summed E-state index contributed by atoms with van der Waals surface area (Å²) in [5.74, 6) is 0.386. The van der Waals surface area contributed by atoms with Crippen LogP contribution < -0.4 is 0 Å². The predicted octanol–water partition coefficient (Wildman–Crippen LogP) is 4.14. The normalized spacial score (nSPS) is 26.0. The molecule has 1 aromatic heterocycles. The molecule has 2 aromatic rings. The Bertz CT molecular complexity index is 778. The van der Waals surface area contributed by atoms with Crippen molar-refractivity contribution in [2.75, 3.05) is 0 Å². The highest BCUT2D eigenvalue weighted by Crippen LogP contribution is 2.45. The molecule has 1 fully saturated rings. The molecule has 0 amide bonds. The molecule has 1 aromatic carbocycles. The molecule has 3 atom stereocenters. The maximum atomic E-state index is 12.5. The monoisotopic (exact) mass is 406 g/mol. The summed E-state index contributed by atoms with van der Waals surface area (Å²) in [6, 6.07) is 8.97. The van der Waals surface area contributed by atoms with Gasteiger partial charge in [0.05, 0.1) is 12.1 Å². The highest BCUT2D eigenvalue weighted by molar-refractivity contribution is 14.1. The standard InChI is InChI=1S/C18H19IN2O/c1-10(19)11(2)21-15-7-8-17(22)16(21)9-13-12-5-3-4-6-14(12)20-18(13)15/h3-6,11,15-16,20H,1,7-9H2,2H3/t11-,15-,16-/m0/s1. The zero-order valence-corrected chi connectivity index (χ0v) is 14.8. The second kappa shape index (κ2) is 5.20. The average Bonchev–Trinajstić information content (AvgIpc) is 2.88. The van der Waals surface area contributed by atoms with E-state index in [1.165, 1.54) is 22.2 Å². The number of benzene rings is 1. The number of hydrogen-bond acceptors (Lipinski definition) is 2. The Hall–Kier alpha value is -1.14. The number of aromatic nitrogens is 1. The van der Waals surface area contributed by atoms with Gasteiger partial charge < -0.3 is 4.98 Å². The van der Waals surface area contributed by atoms with Crippen LogP contribution >= 0.6 is 22.6 Å². The molecule has 0 radical (unpaired) electrons. The molecule has 4 rings (SSSR count). The summed E-state index contributed by atoms with van der Waals surface area (Å²) >= 11 is 2.29. The van der Waals surface area contributed by atoms with Gasteiger partial charge in [0.2, 0.25) is 0 Å². The zero-order chi connectivity index (χ0) is 15.4. The van der Waals surface area contributed by atoms with E-state index in [0.29, 0.717) is 18.2 Å². The molecule has 0 aliphatic carbocycles. The number of ketones is 1. The van der Waals surface area contributed by atoms with Crippen LogP contribution in [0.4, 0.5) is 0 Å². The first-order valence-electron chi connectivity index (χ1n) is 7.82. The quantitative estimate of drug-likeness (QED) is 0.762. The molecule has 1 saturated heterocycles. The van der Waals surface area contributed by atoms with E-state index in [4.69, 9.17) is 0 Å². The smallest absolute Gasteiger partial charge is 0.150 e. The number of para-hydroxylation sites is 1. The molecule has 0 unspecified atom stereocenters. The van der Waals surface area contributed by atoms with Crippen molar-refractivity contribution in [3.05, 3.63) is 45.7 Å². The molecule has 0 saturated carbocycles. The van der Waals surface area contributed by atoms with E-state index < -0.39 is 0 Å². The van der Waals surface area contributed by atoms with E-state index in [2.05, 4.69) is 70.2 Å². The molecule has 22 heavy (non-hydrogen) atoms. The fourth-order valence-corrected chi connectivity index (χ4v) is 4.43. The van der Waals surface area contributed by atoms with Crippen LogP contribution in [0.2, 0.25) is 0 Å². The van der Waals surface area contributed by atoms with Crippen molar-refractivity contribution in [1.29, 1.82) is 0 Å². The first-order chi connectivity index (χ1) is 10.6. The van der Waals surface area contributed by atoms with E-state index in [9.17, 15) is 4.79 Å². The van der Waals surface area contributed by atoms with Gasteiger partial charge >= 0.3 is 0 Å². The topological polar surface area (TPSA) is 36.1 Å². The van der Waals surface area contributed by atoms with E-state index in [0.717, 1.165) is 16.4 Å². The number of fused-ring (bicyclic) bond motifs is 6. The van der Waals surface area contributed by atoms with Gasteiger partial charge in [0.15, 0.2) is 0 Å². The molecule has 3 nitrogen and oxygen atoms in total. The van der Waals surface area contributed by atoms with Crippen molar-refractivity contribution in [1.82, 2.24) is 9.88 Å². The van der Waals surface area contributed by atoms with Crippen LogP contribution in [0.25, 0.3) is 10.9 Å². The van der Waals surface area contributed by atoms with Gasteiger partial charge in [0, 0.05) is 32.6 Å². The van der Waals surface area contributed by atoms with E-state index in [1.54, 1.807) is 0 Å². The van der Waals surface area contributed by atoms with Crippen molar-refractivity contribution in [3.8, 4) is 0 Å². The minimum atomic E-state index is 0.00646. The molecule has 4 heteroatoms. The van der Waals surface area contributed by atoms with Crippen molar-refractivity contribution in [2.45, 2.75) is 44.3 Å². The number of nitrogens with one attached hydrogen (secondary N) is 1. The lowest BCUT2D eigenvalue weighted by atomic mass is 9.81. The van der Waals surface area contributed by atoms with E-state index in [1.807, 2.05) is 0 Å². The number of Topliss-reactive ketones (excluding diaryl/α,β-unsaturated/α-hetero) is 1. The third-order valence-corrected chi connectivity index (χ3v) is 6.13. The summed E-state index contributed by atoms with van der Waals surface area (Å²) in [5, 5.41) is 1.28. The third-order valence-electron chi connectivity index (χ3n) is 5.23. The number of carbonyl (C=O) groups excluding carboxylic acids is 1. The zero-order valence-electron chi connectivity index (χ0n) is 12.6. The van der Waals surface area contributed by atoms with Crippen LogP contribution in [0.5, 0.6) is 0 Å². The van der Waals surface area contributed by atoms with E-state index >= 15 is 0 Å². The summed E-state index contributed by atoms with van der Waals surface area (Å²) in [7, 11) is 0. The van der Waals surface area contributed by atoms with Crippen LogP contribution in [-0.4, -0.2) is 27.8 Å². The third kappa shape index (κ3) is 2.00. The lowest BCUT2D eigenvalue weighted by molar-refractivity contribution is -0.131. The minimum Gasteiger partial charge on any atom is -0.357 e. The van der Waals surface area contributed by atoms with Crippen molar-refractivity contribution in [2.24, 2.45) is 0 Å². The summed E-state index contributed by atoms with van der Waals surface area (Å²) in [4.78, 5) is 18.5. The summed E-state index contributed by atoms with van der Waals surface area (Å²) in [5.41, 5.74) is 3.85. The lowest BCUT2D eigenvalue weighted by Crippen LogP contribution is -2.55. The van der Waals surface area contributed by atoms with Gasteiger partial charge in [-0.15, -0.1) is 0 Å². The summed E-state index contributed by atoms with van der Waals surface area (Å²) in [6.45, 7) is 6.27. The molecule has 3 heterocycles. The van der Waals surface area contributed by atoms with Crippen LogP contribution in [0, 0.1) is 0 Å². The number of H-pyrrole nitrogens is 1. The maximum Gasteiger partial charge on any atom is 0.150 e. The SMILES string of the molecule is C=C(I)[C@H](C)N1[C@H]2Cc3c([nH]c4ccccc34)[C@@H]1CCC2=O. The number of nitrogens with zero attached hydrogens (tertiary/aromatic N) is 1. The van der Waals surface area contributed by atoms with Gasteiger partial charge in [-0.3, -0.25) is 9.69 Å². The van der Waals surface area contributed by atoms with Gasteiger partial charge in [-0.05, 0) is 54.0 Å². The van der Waals surface area contributed by atoms with Gasteiger partial charge in [0.25, 0.3) is 0 Å². The molecule has 1 N–H and O–H groups in total. The number of halogens is 1. The lowest BCUT2D eigenvalue weighted by Gasteiger charge is -2.47. The minimum absolute atomic E-state index is 0.00646. The fraction of sp³-hybridized carbons (Fsp3) is 0.389. The molecular weight excluding hydrogens is 387 g/mol. The molecule has 0 spiro atoms. The van der Waals surface area contributed by atoms with Crippen LogP contribution in [0.3, 0.4) is 0 Å². The Morgan fingerprint density at radius 3 is 2.95 bits per heavy atom. The number of rotatable bonds is 2. The first kappa shape index (κ1) is 14.5. The molecule has 2 bridgehead atoms. The number of hydrogen-bond donors (Lipinski definition) is 1. The Kier molecular flexibility index (Phi) is 3.42. The molecular formula is C18H19IN2O. The largest absolute Gasteiger partial charge is 0.357 e. The molecule has 2 aliphatic heterocycles. The fourth-order valence-electron chi connectivity index (χ4n) is 4.11. The summed E-state index contributed by atoms with van der Waals surface area (Å²) in [6.07, 6.45) is 2.42. The second-order valence-corrected chi connectivity index (χ2v) is 7.76. The number of carbonyl (C=O) groups is 1. The van der Waals surface area contributed by atoms with Crippen LogP contribution in [-0.2, 0) is 11.2 Å². The second-order valence-electron chi connectivity index (χ2n) is 6.37. The van der Waals surface area contributed by atoms with Crippen molar-refractivity contribution < 1.29 is 4.79 Å². The van der Waals surface area contributed by atoms with Gasteiger partial charge in [-0.1, -0.05) is 24.8 Å². The van der Waals surface area contributed by atoms with Gasteiger partial charge in [-0.2, -0.15) is 0 Å².